The molecule has 0 bridgehead atoms. The molecule has 0 aliphatic carbocycles. The lowest BCUT2D eigenvalue weighted by Crippen LogP contribution is -2.24. The second kappa shape index (κ2) is 5.21. The third-order valence-electron chi connectivity index (χ3n) is 2.41. The van der Waals surface area contributed by atoms with Crippen LogP contribution in [-0.4, -0.2) is 13.1 Å². The van der Waals surface area contributed by atoms with Crippen LogP contribution < -0.4 is 4.90 Å². The van der Waals surface area contributed by atoms with Crippen molar-refractivity contribution in [3.05, 3.63) is 42.0 Å². The molecule has 0 aliphatic rings. The first-order chi connectivity index (χ1) is 7.24. The number of rotatable bonds is 4. The molecule has 2 heteroatoms. The van der Waals surface area contributed by atoms with Gasteiger partial charge in [-0.25, -0.2) is 0 Å². The van der Waals surface area contributed by atoms with E-state index in [0.717, 1.165) is 29.9 Å². The number of hydrogen-bond donors (Lipinski definition) is 0. The number of nitriles is 1. The molecule has 0 atom stereocenters. The van der Waals surface area contributed by atoms with Gasteiger partial charge in [-0.3, -0.25) is 0 Å². The average Bonchev–Trinajstić information content (AvgIpc) is 2.26. The first kappa shape index (κ1) is 11.3. The summed E-state index contributed by atoms with van der Waals surface area (Å²) in [5, 5.41) is 9.05. The minimum atomic E-state index is 0.735. The number of benzene rings is 1. The summed E-state index contributed by atoms with van der Waals surface area (Å²) in [6.45, 7) is 9.50. The highest BCUT2D eigenvalue weighted by atomic mass is 15.1. The summed E-state index contributed by atoms with van der Waals surface area (Å²) < 4.78 is 0. The number of likely N-dealkylation sites (N-methyl/N-ethyl adjacent to an activating group) is 1. The maximum atomic E-state index is 9.05. The van der Waals surface area contributed by atoms with E-state index in [1.807, 2.05) is 31.2 Å². The maximum absolute atomic E-state index is 9.05. The fourth-order valence-corrected chi connectivity index (χ4v) is 1.70. The van der Waals surface area contributed by atoms with Gasteiger partial charge in [0.15, 0.2) is 0 Å². The molecule has 0 aliphatic heterocycles. The molecule has 0 saturated carbocycles. The van der Waals surface area contributed by atoms with Crippen LogP contribution in [0.5, 0.6) is 0 Å². The molecule has 15 heavy (non-hydrogen) atoms. The predicted molar refractivity (Wildman–Crippen MR) is 64.0 cm³/mol. The zero-order valence-electron chi connectivity index (χ0n) is 9.33. The van der Waals surface area contributed by atoms with Crippen LogP contribution in [0.1, 0.15) is 18.1 Å². The second-order valence-electron chi connectivity index (χ2n) is 3.41. The summed E-state index contributed by atoms with van der Waals surface area (Å²) >= 11 is 0. The molecule has 0 heterocycles. The largest absolute Gasteiger partial charge is 0.367 e. The van der Waals surface area contributed by atoms with E-state index in [1.165, 1.54) is 0 Å². The summed E-state index contributed by atoms with van der Waals surface area (Å²) in [7, 11) is 0. The van der Waals surface area contributed by atoms with Crippen molar-refractivity contribution in [1.29, 1.82) is 5.26 Å². The number of anilines is 1. The Balaban J connectivity index is 3.20. The summed E-state index contributed by atoms with van der Waals surface area (Å²) in [6.07, 6.45) is 1.86. The van der Waals surface area contributed by atoms with Crippen molar-refractivity contribution in [2.24, 2.45) is 0 Å². The molecule has 0 radical (unpaired) electrons. The lowest BCUT2D eigenvalue weighted by Gasteiger charge is -2.24. The van der Waals surface area contributed by atoms with Crippen molar-refractivity contribution >= 4 is 5.69 Å². The molecular formula is C13H16N2. The molecule has 0 aromatic heterocycles. The Morgan fingerprint density at radius 2 is 2.27 bits per heavy atom. The molecule has 0 amide bonds. The molecule has 2 nitrogen and oxygen atoms in total. The predicted octanol–water partition coefficient (Wildman–Crippen LogP) is 2.88. The van der Waals surface area contributed by atoms with Gasteiger partial charge in [-0.05, 0) is 25.5 Å². The van der Waals surface area contributed by atoms with E-state index < -0.39 is 0 Å². The Morgan fingerprint density at radius 1 is 1.53 bits per heavy atom. The van der Waals surface area contributed by atoms with Gasteiger partial charge in [0.05, 0.1) is 11.3 Å². The monoisotopic (exact) mass is 200 g/mol. The Morgan fingerprint density at radius 3 is 2.80 bits per heavy atom. The fourth-order valence-electron chi connectivity index (χ4n) is 1.70. The molecule has 0 spiro atoms. The van der Waals surface area contributed by atoms with Crippen LogP contribution in [0.25, 0.3) is 0 Å². The second-order valence-corrected chi connectivity index (χ2v) is 3.41. The Kier molecular flexibility index (Phi) is 3.93. The molecule has 0 unspecified atom stereocenters. The maximum Gasteiger partial charge on any atom is 0.101 e. The van der Waals surface area contributed by atoms with Gasteiger partial charge in [-0.2, -0.15) is 5.26 Å². The van der Waals surface area contributed by atoms with E-state index >= 15 is 0 Å². The third-order valence-corrected chi connectivity index (χ3v) is 2.41. The highest BCUT2D eigenvalue weighted by molar-refractivity contribution is 5.64. The molecule has 0 saturated heterocycles. The lowest BCUT2D eigenvalue weighted by molar-refractivity contribution is 0.899. The summed E-state index contributed by atoms with van der Waals surface area (Å²) in [4.78, 5) is 2.15. The first-order valence-electron chi connectivity index (χ1n) is 5.10. The molecule has 0 N–H and O–H groups in total. The zero-order chi connectivity index (χ0) is 11.3. The molecule has 1 aromatic rings. The Bertz CT molecular complexity index is 388. The number of para-hydroxylation sites is 1. The first-order valence-corrected chi connectivity index (χ1v) is 5.10. The molecule has 0 fully saturated rings. The van der Waals surface area contributed by atoms with Crippen molar-refractivity contribution in [2.45, 2.75) is 13.8 Å². The average molecular weight is 200 g/mol. The standard InChI is InChI=1S/C13H16N2/c1-4-9-15(5-2)13-11(3)7-6-8-12(13)10-14/h4,6-8H,1,5,9H2,2-3H3. The van der Waals surface area contributed by atoms with Gasteiger partial charge in [-0.15, -0.1) is 6.58 Å². The SMILES string of the molecule is C=CCN(CC)c1c(C)cccc1C#N. The van der Waals surface area contributed by atoms with E-state index in [-0.39, 0.29) is 0 Å². The minimum Gasteiger partial charge on any atom is -0.367 e. The van der Waals surface area contributed by atoms with Crippen LogP contribution in [0.2, 0.25) is 0 Å². The number of hydrogen-bond acceptors (Lipinski definition) is 2. The third kappa shape index (κ3) is 2.38. The lowest BCUT2D eigenvalue weighted by atomic mass is 10.1. The van der Waals surface area contributed by atoms with Crippen LogP contribution in [-0.2, 0) is 0 Å². The van der Waals surface area contributed by atoms with E-state index in [9.17, 15) is 0 Å². The van der Waals surface area contributed by atoms with Crippen LogP contribution in [0.3, 0.4) is 0 Å². The van der Waals surface area contributed by atoms with E-state index in [2.05, 4.69) is 24.5 Å². The summed E-state index contributed by atoms with van der Waals surface area (Å²) in [6, 6.07) is 8.03. The molecule has 1 aromatic carbocycles. The normalized spacial score (nSPS) is 9.40. The summed E-state index contributed by atoms with van der Waals surface area (Å²) in [5.41, 5.74) is 2.90. The Hall–Kier alpha value is -1.75. The van der Waals surface area contributed by atoms with Crippen LogP contribution in [0, 0.1) is 18.3 Å². The fraction of sp³-hybridized carbons (Fsp3) is 0.308. The zero-order valence-corrected chi connectivity index (χ0v) is 9.33. The molecular weight excluding hydrogens is 184 g/mol. The van der Waals surface area contributed by atoms with Crippen molar-refractivity contribution in [3.8, 4) is 6.07 Å². The van der Waals surface area contributed by atoms with E-state index in [0.29, 0.717) is 0 Å². The quantitative estimate of drug-likeness (QED) is 0.699. The number of nitrogens with zero attached hydrogens (tertiary/aromatic N) is 2. The van der Waals surface area contributed by atoms with Gasteiger partial charge in [0.2, 0.25) is 0 Å². The topological polar surface area (TPSA) is 27.0 Å². The van der Waals surface area contributed by atoms with Gasteiger partial charge in [0.1, 0.15) is 6.07 Å². The van der Waals surface area contributed by atoms with Gasteiger partial charge < -0.3 is 4.90 Å². The van der Waals surface area contributed by atoms with Crippen LogP contribution in [0.4, 0.5) is 5.69 Å². The van der Waals surface area contributed by atoms with Crippen LogP contribution >= 0.6 is 0 Å². The smallest absolute Gasteiger partial charge is 0.101 e. The summed E-state index contributed by atoms with van der Waals surface area (Å²) in [5.74, 6) is 0. The van der Waals surface area contributed by atoms with E-state index in [1.54, 1.807) is 0 Å². The van der Waals surface area contributed by atoms with Crippen molar-refractivity contribution < 1.29 is 0 Å². The van der Waals surface area contributed by atoms with Gasteiger partial charge in [0.25, 0.3) is 0 Å². The van der Waals surface area contributed by atoms with Crippen molar-refractivity contribution in [3.63, 3.8) is 0 Å². The number of aryl methyl sites for hydroxylation is 1. The van der Waals surface area contributed by atoms with E-state index in [4.69, 9.17) is 5.26 Å². The highest BCUT2D eigenvalue weighted by Crippen LogP contribution is 2.24. The van der Waals surface area contributed by atoms with Crippen molar-refractivity contribution in [1.82, 2.24) is 0 Å². The van der Waals surface area contributed by atoms with Crippen molar-refractivity contribution in [2.75, 3.05) is 18.0 Å². The molecule has 78 valence electrons. The highest BCUT2D eigenvalue weighted by Gasteiger charge is 2.10. The van der Waals surface area contributed by atoms with Gasteiger partial charge >= 0.3 is 0 Å². The van der Waals surface area contributed by atoms with Gasteiger partial charge in [-0.1, -0.05) is 18.2 Å². The molecule has 1 rings (SSSR count). The minimum absolute atomic E-state index is 0.735. The van der Waals surface area contributed by atoms with Crippen LogP contribution in [0.15, 0.2) is 30.9 Å². The Labute approximate surface area is 91.4 Å². The van der Waals surface area contributed by atoms with Gasteiger partial charge in [0, 0.05) is 13.1 Å².